The van der Waals surface area contributed by atoms with E-state index in [1.807, 2.05) is 26.8 Å². The summed E-state index contributed by atoms with van der Waals surface area (Å²) >= 11 is 0. The number of carbonyl (C=O) groups excluding carboxylic acids is 1. The van der Waals surface area contributed by atoms with Crippen LogP contribution in [-0.4, -0.2) is 45.8 Å². The van der Waals surface area contributed by atoms with Crippen LogP contribution in [0.2, 0.25) is 0 Å². The lowest BCUT2D eigenvalue weighted by Gasteiger charge is -2.20. The Kier molecular flexibility index (Phi) is 9.71. The number of aliphatic hydroxyl groups excluding tert-OH is 1. The van der Waals surface area contributed by atoms with Crippen molar-refractivity contribution in [2.45, 2.75) is 40.0 Å². The zero-order chi connectivity index (χ0) is 28.5. The highest BCUT2D eigenvalue weighted by Crippen LogP contribution is 2.35. The Bertz CT molecular complexity index is 1350. The Balaban J connectivity index is 1.89. The molecular formula is C28H32N4O7. The molecule has 7 N–H and O–H groups in total. The van der Waals surface area contributed by atoms with Crippen molar-refractivity contribution in [2.24, 2.45) is 10.9 Å². The molecular weight excluding hydrogens is 504 g/mol. The van der Waals surface area contributed by atoms with Crippen molar-refractivity contribution >= 4 is 29.1 Å². The second kappa shape index (κ2) is 13.2. The lowest BCUT2D eigenvalue weighted by atomic mass is 10.1. The highest BCUT2D eigenvalue weighted by atomic mass is 16.5. The number of nitrogens with two attached hydrogens (primary N) is 1. The quantitative estimate of drug-likeness (QED) is 0.0872. The molecule has 0 unspecified atom stereocenters. The number of rotatable bonds is 12. The first-order valence-electron chi connectivity index (χ1n) is 12.1. The summed E-state index contributed by atoms with van der Waals surface area (Å²) in [5.74, 6) is -1.01. The summed E-state index contributed by atoms with van der Waals surface area (Å²) in [7, 11) is 0. The van der Waals surface area contributed by atoms with Gasteiger partial charge in [-0.05, 0) is 74.9 Å². The Morgan fingerprint density at radius 1 is 1.08 bits per heavy atom. The van der Waals surface area contributed by atoms with Gasteiger partial charge in [0.1, 0.15) is 0 Å². The van der Waals surface area contributed by atoms with Crippen LogP contribution < -0.4 is 25.8 Å². The van der Waals surface area contributed by atoms with Crippen LogP contribution in [0.1, 0.15) is 46.5 Å². The molecule has 0 aliphatic carbocycles. The van der Waals surface area contributed by atoms with Crippen molar-refractivity contribution in [3.63, 3.8) is 0 Å². The van der Waals surface area contributed by atoms with E-state index in [1.165, 1.54) is 0 Å². The molecule has 0 heterocycles. The van der Waals surface area contributed by atoms with Crippen LogP contribution in [0, 0.1) is 6.92 Å². The van der Waals surface area contributed by atoms with Gasteiger partial charge in [0.25, 0.3) is 5.91 Å². The fourth-order valence-corrected chi connectivity index (χ4v) is 3.76. The molecule has 0 radical (unpaired) electrons. The fraction of sp³-hybridized carbons (Fsp3) is 0.250. The van der Waals surface area contributed by atoms with Gasteiger partial charge in [0, 0.05) is 29.0 Å². The second-order valence-corrected chi connectivity index (χ2v) is 9.01. The normalized spacial score (nSPS) is 11.3. The summed E-state index contributed by atoms with van der Waals surface area (Å²) < 4.78 is 11.4. The number of benzene rings is 3. The van der Waals surface area contributed by atoms with E-state index < -0.39 is 12.6 Å². The maximum Gasteiger partial charge on any atom is 0.341 e. The Morgan fingerprint density at radius 3 is 2.41 bits per heavy atom. The molecule has 206 valence electrons. The van der Waals surface area contributed by atoms with Crippen molar-refractivity contribution in [3.8, 4) is 11.5 Å². The molecule has 11 nitrogen and oxygen atoms in total. The summed E-state index contributed by atoms with van der Waals surface area (Å²) in [5.41, 5.74) is 9.48. The molecule has 3 aromatic rings. The molecule has 39 heavy (non-hydrogen) atoms. The van der Waals surface area contributed by atoms with E-state index in [-0.39, 0.29) is 36.7 Å². The smallest absolute Gasteiger partial charge is 0.341 e. The van der Waals surface area contributed by atoms with Gasteiger partial charge in [0.15, 0.2) is 23.9 Å². The maximum absolute atomic E-state index is 13.2. The molecule has 0 bridgehead atoms. The van der Waals surface area contributed by atoms with Crippen molar-refractivity contribution in [3.05, 3.63) is 82.4 Å². The zero-order valence-electron chi connectivity index (χ0n) is 21.9. The minimum Gasteiger partial charge on any atom is -0.487 e. The standard InChI is InChI=1S/C28H32N4O7/c1-16(2)39-24-12-18(14-33)11-20(26(24)38-15-25(34)35)13-30-23-9-4-17(3)10-22(23)28(36)31-21-7-5-19(6-8-21)27(29)32-37/h4-12,16,30,33,37H,13-15H2,1-3H3,(H2,29,32)(H,31,36)(H,34,35). The predicted octanol–water partition coefficient (Wildman–Crippen LogP) is 3.70. The van der Waals surface area contributed by atoms with Gasteiger partial charge in [-0.1, -0.05) is 16.8 Å². The predicted molar refractivity (Wildman–Crippen MR) is 147 cm³/mol. The van der Waals surface area contributed by atoms with Gasteiger partial charge >= 0.3 is 5.97 Å². The third-order valence-corrected chi connectivity index (χ3v) is 5.51. The van der Waals surface area contributed by atoms with Gasteiger partial charge < -0.3 is 41.3 Å². The lowest BCUT2D eigenvalue weighted by molar-refractivity contribution is -0.139. The van der Waals surface area contributed by atoms with Gasteiger partial charge in [-0.25, -0.2) is 4.79 Å². The number of nitrogens with one attached hydrogen (secondary N) is 2. The summed E-state index contributed by atoms with van der Waals surface area (Å²) in [6.07, 6.45) is -0.222. The molecule has 0 aliphatic rings. The summed E-state index contributed by atoms with van der Waals surface area (Å²) in [5, 5.41) is 36.8. The lowest BCUT2D eigenvalue weighted by Crippen LogP contribution is -2.17. The van der Waals surface area contributed by atoms with E-state index in [0.29, 0.717) is 39.4 Å². The van der Waals surface area contributed by atoms with E-state index in [0.717, 1.165) is 5.56 Å². The minimum atomic E-state index is -1.15. The van der Waals surface area contributed by atoms with Crippen LogP contribution in [-0.2, 0) is 17.9 Å². The number of carboxylic acids is 1. The van der Waals surface area contributed by atoms with Crippen LogP contribution in [0.3, 0.4) is 0 Å². The van der Waals surface area contributed by atoms with E-state index in [2.05, 4.69) is 15.8 Å². The van der Waals surface area contributed by atoms with Crippen molar-refractivity contribution < 1.29 is 34.5 Å². The molecule has 1 amide bonds. The number of hydrogen-bond acceptors (Lipinski definition) is 8. The number of ether oxygens (including phenoxy) is 2. The number of carboxylic acid groups (broad SMARTS) is 1. The number of hydrogen-bond donors (Lipinski definition) is 6. The molecule has 3 aromatic carbocycles. The SMILES string of the molecule is Cc1ccc(NCc2cc(CO)cc(OC(C)C)c2OCC(=O)O)c(C(=O)Nc2ccc(C(N)=NO)cc2)c1. The first-order chi connectivity index (χ1) is 18.6. The first kappa shape index (κ1) is 28.8. The van der Waals surface area contributed by atoms with Crippen LogP contribution in [0.4, 0.5) is 11.4 Å². The second-order valence-electron chi connectivity index (χ2n) is 9.01. The maximum atomic E-state index is 13.2. The van der Waals surface area contributed by atoms with E-state index in [1.54, 1.807) is 48.5 Å². The zero-order valence-corrected chi connectivity index (χ0v) is 21.9. The number of oxime groups is 1. The summed E-state index contributed by atoms with van der Waals surface area (Å²) in [4.78, 5) is 24.4. The average Bonchev–Trinajstić information content (AvgIpc) is 2.90. The molecule has 0 fully saturated rings. The van der Waals surface area contributed by atoms with E-state index >= 15 is 0 Å². The third kappa shape index (κ3) is 7.86. The summed E-state index contributed by atoms with van der Waals surface area (Å²) in [6, 6.07) is 15.2. The Hall–Kier alpha value is -4.77. The molecule has 0 aliphatic heterocycles. The van der Waals surface area contributed by atoms with Crippen LogP contribution in [0.25, 0.3) is 0 Å². The summed E-state index contributed by atoms with van der Waals surface area (Å²) in [6.45, 7) is 4.83. The number of carbonyl (C=O) groups is 2. The number of aliphatic hydroxyl groups is 1. The molecule has 0 aromatic heterocycles. The largest absolute Gasteiger partial charge is 0.487 e. The third-order valence-electron chi connectivity index (χ3n) is 5.51. The van der Waals surface area contributed by atoms with Crippen LogP contribution >= 0.6 is 0 Å². The molecule has 11 heteroatoms. The van der Waals surface area contributed by atoms with Gasteiger partial charge in [-0.15, -0.1) is 0 Å². The Morgan fingerprint density at radius 2 is 1.79 bits per heavy atom. The van der Waals surface area contributed by atoms with Gasteiger partial charge in [0.2, 0.25) is 0 Å². The van der Waals surface area contributed by atoms with Gasteiger partial charge in [0.05, 0.1) is 18.3 Å². The highest BCUT2D eigenvalue weighted by molar-refractivity contribution is 6.08. The van der Waals surface area contributed by atoms with Crippen molar-refractivity contribution in [2.75, 3.05) is 17.2 Å². The van der Waals surface area contributed by atoms with Crippen molar-refractivity contribution in [1.29, 1.82) is 0 Å². The molecule has 0 spiro atoms. The molecule has 0 atom stereocenters. The fourth-order valence-electron chi connectivity index (χ4n) is 3.76. The Labute approximate surface area is 225 Å². The number of amides is 1. The number of nitrogens with zero attached hydrogens (tertiary/aromatic N) is 1. The number of anilines is 2. The van der Waals surface area contributed by atoms with E-state index in [4.69, 9.17) is 25.5 Å². The van der Waals surface area contributed by atoms with Gasteiger partial charge in [-0.2, -0.15) is 0 Å². The monoisotopic (exact) mass is 536 g/mol. The van der Waals surface area contributed by atoms with Gasteiger partial charge in [-0.3, -0.25) is 4.79 Å². The molecule has 0 saturated heterocycles. The molecule has 3 rings (SSSR count). The highest BCUT2D eigenvalue weighted by Gasteiger charge is 2.18. The number of aryl methyl sites for hydroxylation is 1. The van der Waals surface area contributed by atoms with Crippen LogP contribution in [0.5, 0.6) is 11.5 Å². The first-order valence-corrected chi connectivity index (χ1v) is 12.1. The van der Waals surface area contributed by atoms with Crippen LogP contribution in [0.15, 0.2) is 59.8 Å². The molecule has 0 saturated carbocycles. The number of amidine groups is 1. The topological polar surface area (TPSA) is 176 Å². The van der Waals surface area contributed by atoms with E-state index in [9.17, 15) is 14.7 Å². The number of aliphatic carboxylic acids is 1. The average molecular weight is 537 g/mol. The minimum absolute atomic E-state index is 0.0445. The van der Waals surface area contributed by atoms with Crippen molar-refractivity contribution in [1.82, 2.24) is 0 Å².